The molecule has 3 amide bonds. The van der Waals surface area contributed by atoms with Gasteiger partial charge in [-0.15, -0.1) is 0 Å². The maximum atomic E-state index is 12.6. The molecule has 0 radical (unpaired) electrons. The van der Waals surface area contributed by atoms with Crippen molar-refractivity contribution in [3.63, 3.8) is 0 Å². The van der Waals surface area contributed by atoms with Gasteiger partial charge in [-0.3, -0.25) is 19.7 Å². The van der Waals surface area contributed by atoms with Crippen LogP contribution in [0.1, 0.15) is 41.6 Å². The van der Waals surface area contributed by atoms with Gasteiger partial charge in [-0.1, -0.05) is 0 Å². The number of carbonyl (C=O) groups excluding carboxylic acids is 3. The number of nitrogens with two attached hydrogens (primary N) is 1. The summed E-state index contributed by atoms with van der Waals surface area (Å²) in [6.45, 7) is 0.363. The Hall–Kier alpha value is -2.41. The molecule has 1 atom stereocenters. The van der Waals surface area contributed by atoms with Gasteiger partial charge in [0, 0.05) is 24.6 Å². The van der Waals surface area contributed by atoms with E-state index in [0.717, 1.165) is 24.2 Å². The zero-order valence-electron chi connectivity index (χ0n) is 13.2. The van der Waals surface area contributed by atoms with Crippen LogP contribution in [0, 0.1) is 0 Å². The van der Waals surface area contributed by atoms with Crippen LogP contribution >= 0.6 is 0 Å². The lowest BCUT2D eigenvalue weighted by atomic mass is 9.90. The van der Waals surface area contributed by atoms with Crippen molar-refractivity contribution in [3.05, 3.63) is 29.3 Å². The second kappa shape index (κ2) is 5.59. The smallest absolute Gasteiger partial charge is 0.255 e. The van der Waals surface area contributed by atoms with Crippen LogP contribution in [0.5, 0.6) is 5.75 Å². The van der Waals surface area contributed by atoms with Gasteiger partial charge in [0.2, 0.25) is 11.8 Å². The number of nitrogens with one attached hydrogen (secondary N) is 1. The second-order valence-electron chi connectivity index (χ2n) is 6.69. The number of benzene rings is 1. The van der Waals surface area contributed by atoms with E-state index in [2.05, 4.69) is 5.32 Å². The highest BCUT2D eigenvalue weighted by Gasteiger charge is 2.39. The topological polar surface area (TPSA) is 102 Å². The predicted molar refractivity (Wildman–Crippen MR) is 84.1 cm³/mol. The summed E-state index contributed by atoms with van der Waals surface area (Å²) in [7, 11) is 0. The predicted octanol–water partition coefficient (Wildman–Crippen LogP) is 0.316. The van der Waals surface area contributed by atoms with Gasteiger partial charge < -0.3 is 15.4 Å². The van der Waals surface area contributed by atoms with Crippen LogP contribution in [-0.4, -0.2) is 40.8 Å². The number of nitrogens with zero attached hydrogens (tertiary/aromatic N) is 1. The molecule has 1 aromatic rings. The Bertz CT molecular complexity index is 727. The molecule has 2 heterocycles. The number of fused-ring (bicyclic) bond motifs is 1. The summed E-state index contributed by atoms with van der Waals surface area (Å²) in [6.07, 6.45) is 2.46. The highest BCUT2D eigenvalue weighted by Crippen LogP contribution is 2.32. The highest BCUT2D eigenvalue weighted by molar-refractivity contribution is 6.05. The van der Waals surface area contributed by atoms with Gasteiger partial charge in [-0.25, -0.2) is 0 Å². The van der Waals surface area contributed by atoms with E-state index >= 15 is 0 Å². The summed E-state index contributed by atoms with van der Waals surface area (Å²) < 4.78 is 5.86. The number of amides is 3. The number of hydrogen-bond acceptors (Lipinski definition) is 5. The molecule has 0 aromatic heterocycles. The summed E-state index contributed by atoms with van der Waals surface area (Å²) in [4.78, 5) is 37.4. The molecule has 1 aromatic carbocycles. The third kappa shape index (κ3) is 2.54. The van der Waals surface area contributed by atoms with Gasteiger partial charge in [0.1, 0.15) is 17.9 Å². The fourth-order valence-electron chi connectivity index (χ4n) is 3.52. The van der Waals surface area contributed by atoms with E-state index in [1.54, 1.807) is 12.1 Å². The van der Waals surface area contributed by atoms with Crippen molar-refractivity contribution in [2.75, 3.05) is 0 Å². The van der Waals surface area contributed by atoms with E-state index in [4.69, 9.17) is 10.5 Å². The minimum atomic E-state index is -0.586. The summed E-state index contributed by atoms with van der Waals surface area (Å²) in [5, 5.41) is 2.30. The largest absolute Gasteiger partial charge is 0.490 e. The lowest BCUT2D eigenvalue weighted by Crippen LogP contribution is -2.52. The SMILES string of the molecule is N[C@H]1C[C@H](Oc2ccc3c(c2)CN(C2CCC(=O)NC2=O)C3=O)C1. The Balaban J connectivity index is 1.49. The first-order valence-corrected chi connectivity index (χ1v) is 8.21. The number of piperidine rings is 1. The quantitative estimate of drug-likeness (QED) is 0.778. The van der Waals surface area contributed by atoms with Crippen molar-refractivity contribution in [2.24, 2.45) is 5.73 Å². The molecule has 1 unspecified atom stereocenters. The maximum absolute atomic E-state index is 12.6. The molecule has 4 rings (SSSR count). The summed E-state index contributed by atoms with van der Waals surface area (Å²) in [5.41, 5.74) is 7.21. The Morgan fingerprint density at radius 1 is 1.21 bits per heavy atom. The van der Waals surface area contributed by atoms with Crippen LogP contribution in [0.25, 0.3) is 0 Å². The minimum absolute atomic E-state index is 0.140. The molecule has 7 heteroatoms. The molecule has 0 spiro atoms. The third-order valence-corrected chi connectivity index (χ3v) is 4.93. The van der Waals surface area contributed by atoms with Crippen molar-refractivity contribution in [2.45, 2.75) is 50.4 Å². The number of ether oxygens (including phenoxy) is 1. The Kier molecular flexibility index (Phi) is 3.53. The van der Waals surface area contributed by atoms with E-state index in [9.17, 15) is 14.4 Å². The highest BCUT2D eigenvalue weighted by atomic mass is 16.5. The van der Waals surface area contributed by atoms with E-state index in [1.807, 2.05) is 6.07 Å². The van der Waals surface area contributed by atoms with Crippen molar-refractivity contribution >= 4 is 17.7 Å². The molecule has 7 nitrogen and oxygen atoms in total. The molecule has 0 bridgehead atoms. The molecule has 2 fully saturated rings. The number of rotatable bonds is 3. The number of imide groups is 1. The summed E-state index contributed by atoms with van der Waals surface area (Å²) in [5.74, 6) is -0.123. The molecule has 1 saturated heterocycles. The fourth-order valence-corrected chi connectivity index (χ4v) is 3.52. The molecular formula is C17H19N3O4. The van der Waals surface area contributed by atoms with E-state index in [1.165, 1.54) is 4.90 Å². The van der Waals surface area contributed by atoms with Crippen LogP contribution < -0.4 is 15.8 Å². The van der Waals surface area contributed by atoms with Gasteiger partial charge in [-0.2, -0.15) is 0 Å². The summed E-state index contributed by atoms with van der Waals surface area (Å²) >= 11 is 0. The van der Waals surface area contributed by atoms with Gasteiger partial charge in [0.25, 0.3) is 5.91 Å². The standard InChI is InChI=1S/C17H19N3O4/c18-10-6-12(7-10)24-11-1-2-13-9(5-11)8-20(17(13)23)14-3-4-15(21)19-16(14)22/h1-2,5,10,12,14H,3-4,6-8,18H2,(H,19,21,22)/t10-,12-,14?. The Morgan fingerprint density at radius 3 is 2.71 bits per heavy atom. The van der Waals surface area contributed by atoms with Crippen molar-refractivity contribution in [3.8, 4) is 5.75 Å². The van der Waals surface area contributed by atoms with Crippen LogP contribution in [0.15, 0.2) is 18.2 Å². The molecule has 3 N–H and O–H groups in total. The first-order valence-electron chi connectivity index (χ1n) is 8.21. The molecule has 1 aliphatic carbocycles. The van der Waals surface area contributed by atoms with Gasteiger partial charge in [0.15, 0.2) is 0 Å². The first kappa shape index (κ1) is 15.1. The average Bonchev–Trinajstić information content (AvgIpc) is 2.82. The zero-order chi connectivity index (χ0) is 16.8. The van der Waals surface area contributed by atoms with Crippen LogP contribution in [-0.2, 0) is 16.1 Å². The lowest BCUT2D eigenvalue weighted by molar-refractivity contribution is -0.136. The van der Waals surface area contributed by atoms with E-state index < -0.39 is 11.9 Å². The average molecular weight is 329 g/mol. The normalized spacial score (nSPS) is 29.1. The van der Waals surface area contributed by atoms with Crippen LogP contribution in [0.3, 0.4) is 0 Å². The Morgan fingerprint density at radius 2 is 2.00 bits per heavy atom. The van der Waals surface area contributed by atoms with Gasteiger partial charge in [-0.05, 0) is 43.0 Å². The number of hydrogen-bond donors (Lipinski definition) is 2. The summed E-state index contributed by atoms with van der Waals surface area (Å²) in [6, 6.07) is 5.03. The second-order valence-corrected chi connectivity index (χ2v) is 6.69. The Labute approximate surface area is 139 Å². The van der Waals surface area contributed by atoms with Gasteiger partial charge in [0.05, 0.1) is 0 Å². The molecule has 126 valence electrons. The maximum Gasteiger partial charge on any atom is 0.255 e. The van der Waals surface area contributed by atoms with E-state index in [0.29, 0.717) is 18.5 Å². The van der Waals surface area contributed by atoms with Crippen molar-refractivity contribution < 1.29 is 19.1 Å². The monoisotopic (exact) mass is 329 g/mol. The first-order chi connectivity index (χ1) is 11.5. The number of carbonyl (C=O) groups is 3. The van der Waals surface area contributed by atoms with Crippen molar-refractivity contribution in [1.82, 2.24) is 10.2 Å². The minimum Gasteiger partial charge on any atom is -0.490 e. The molecule has 2 aliphatic heterocycles. The molecule has 24 heavy (non-hydrogen) atoms. The molecule has 3 aliphatic rings. The fraction of sp³-hybridized carbons (Fsp3) is 0.471. The van der Waals surface area contributed by atoms with Gasteiger partial charge >= 0.3 is 0 Å². The molecular weight excluding hydrogens is 310 g/mol. The molecule has 1 saturated carbocycles. The van der Waals surface area contributed by atoms with Crippen molar-refractivity contribution in [1.29, 1.82) is 0 Å². The van der Waals surface area contributed by atoms with E-state index in [-0.39, 0.29) is 30.4 Å². The third-order valence-electron chi connectivity index (χ3n) is 4.93. The lowest BCUT2D eigenvalue weighted by Gasteiger charge is -2.32. The van der Waals surface area contributed by atoms with Crippen LogP contribution in [0.4, 0.5) is 0 Å². The van der Waals surface area contributed by atoms with Crippen LogP contribution in [0.2, 0.25) is 0 Å². The zero-order valence-corrected chi connectivity index (χ0v) is 13.2.